The monoisotopic (exact) mass is 186 g/mol. The first-order valence-corrected chi connectivity index (χ1v) is 4.10. The molecule has 1 heterocycles. The van der Waals surface area contributed by atoms with Crippen LogP contribution in [0, 0.1) is 0 Å². The highest BCUT2D eigenvalue weighted by atomic mass is 35.5. The average Bonchev–Trinajstić information content (AvgIpc) is 2.51. The molecule has 0 aliphatic rings. The number of amides is 1. The molecular formula is C8H11ClN2O. The fourth-order valence-electron chi connectivity index (χ4n) is 0.899. The largest absolute Gasteiger partial charge is 0.367 e. The molecule has 66 valence electrons. The van der Waals surface area contributed by atoms with Crippen molar-refractivity contribution in [1.82, 2.24) is 9.88 Å². The number of hydrogen-bond donors (Lipinski definition) is 1. The predicted octanol–water partition coefficient (Wildman–Crippen LogP) is 1.85. The molecule has 0 aromatic carbocycles. The van der Waals surface area contributed by atoms with Crippen LogP contribution in [-0.4, -0.2) is 28.8 Å². The third-order valence-electron chi connectivity index (χ3n) is 1.70. The van der Waals surface area contributed by atoms with Crippen LogP contribution in [0.15, 0.2) is 18.5 Å². The Bertz CT molecular complexity index is 246. The SMILES string of the molecule is CN(CCc1cc[nH]c1)C(=O)Cl. The molecule has 0 aliphatic carbocycles. The summed E-state index contributed by atoms with van der Waals surface area (Å²) in [4.78, 5) is 15.0. The number of aromatic amines is 1. The van der Waals surface area contributed by atoms with Crippen LogP contribution >= 0.6 is 11.6 Å². The predicted molar refractivity (Wildman–Crippen MR) is 48.4 cm³/mol. The molecule has 0 bridgehead atoms. The van der Waals surface area contributed by atoms with E-state index in [1.54, 1.807) is 7.05 Å². The van der Waals surface area contributed by atoms with Crippen molar-refractivity contribution >= 4 is 17.0 Å². The van der Waals surface area contributed by atoms with Crippen molar-refractivity contribution in [3.05, 3.63) is 24.0 Å². The van der Waals surface area contributed by atoms with Crippen LogP contribution in [0.25, 0.3) is 0 Å². The molecule has 3 nitrogen and oxygen atoms in total. The lowest BCUT2D eigenvalue weighted by atomic mass is 10.2. The minimum absolute atomic E-state index is 0.412. The van der Waals surface area contributed by atoms with Crippen LogP contribution in [0.1, 0.15) is 5.56 Å². The van der Waals surface area contributed by atoms with Crippen molar-refractivity contribution in [2.24, 2.45) is 0 Å². The number of nitrogens with zero attached hydrogens (tertiary/aromatic N) is 1. The summed E-state index contributed by atoms with van der Waals surface area (Å²) in [6.07, 6.45) is 4.60. The molecular weight excluding hydrogens is 176 g/mol. The summed E-state index contributed by atoms with van der Waals surface area (Å²) in [5.74, 6) is 0. The Labute approximate surface area is 76.3 Å². The lowest BCUT2D eigenvalue weighted by Crippen LogP contribution is -2.23. The number of H-pyrrole nitrogens is 1. The highest BCUT2D eigenvalue weighted by Crippen LogP contribution is 2.00. The van der Waals surface area contributed by atoms with Crippen LogP contribution in [0.3, 0.4) is 0 Å². The third kappa shape index (κ3) is 2.58. The van der Waals surface area contributed by atoms with E-state index in [2.05, 4.69) is 4.98 Å². The molecule has 0 unspecified atom stereocenters. The number of carbonyl (C=O) groups excluding carboxylic acids is 1. The topological polar surface area (TPSA) is 36.1 Å². The summed E-state index contributed by atoms with van der Waals surface area (Å²) >= 11 is 5.25. The lowest BCUT2D eigenvalue weighted by Gasteiger charge is -2.11. The van der Waals surface area contributed by atoms with Crippen LogP contribution in [-0.2, 0) is 6.42 Å². The van der Waals surface area contributed by atoms with Crippen LogP contribution < -0.4 is 0 Å². The van der Waals surface area contributed by atoms with Gasteiger partial charge in [-0.2, -0.15) is 0 Å². The first-order chi connectivity index (χ1) is 5.70. The number of rotatable bonds is 3. The maximum absolute atomic E-state index is 10.6. The molecule has 0 atom stereocenters. The molecule has 0 spiro atoms. The highest BCUT2D eigenvalue weighted by molar-refractivity contribution is 6.62. The van der Waals surface area contributed by atoms with Crippen molar-refractivity contribution in [1.29, 1.82) is 0 Å². The number of hydrogen-bond acceptors (Lipinski definition) is 1. The maximum Gasteiger partial charge on any atom is 0.316 e. The van der Waals surface area contributed by atoms with E-state index >= 15 is 0 Å². The number of aromatic nitrogens is 1. The second-order valence-corrected chi connectivity index (χ2v) is 2.97. The van der Waals surface area contributed by atoms with Gasteiger partial charge in [0.1, 0.15) is 0 Å². The molecule has 1 aromatic rings. The molecule has 12 heavy (non-hydrogen) atoms. The minimum Gasteiger partial charge on any atom is -0.367 e. The summed E-state index contributed by atoms with van der Waals surface area (Å²) in [5, 5.41) is -0.412. The molecule has 0 fully saturated rings. The van der Waals surface area contributed by atoms with Crippen LogP contribution in [0.5, 0.6) is 0 Å². The number of likely N-dealkylation sites (N-methyl/N-ethyl adjacent to an activating group) is 1. The summed E-state index contributed by atoms with van der Waals surface area (Å²) in [7, 11) is 1.68. The molecule has 1 amide bonds. The Hall–Kier alpha value is -0.960. The van der Waals surface area contributed by atoms with E-state index in [9.17, 15) is 4.79 Å². The van der Waals surface area contributed by atoms with Crippen molar-refractivity contribution in [3.8, 4) is 0 Å². The van der Waals surface area contributed by atoms with Crippen molar-refractivity contribution in [2.45, 2.75) is 6.42 Å². The molecule has 1 rings (SSSR count). The third-order valence-corrected chi connectivity index (χ3v) is 1.99. The van der Waals surface area contributed by atoms with Crippen molar-refractivity contribution < 1.29 is 4.79 Å². The van der Waals surface area contributed by atoms with Crippen molar-refractivity contribution in [2.75, 3.05) is 13.6 Å². The van der Waals surface area contributed by atoms with Gasteiger partial charge in [-0.1, -0.05) is 0 Å². The van der Waals surface area contributed by atoms with Gasteiger partial charge in [0.15, 0.2) is 0 Å². The Morgan fingerprint density at radius 2 is 2.50 bits per heavy atom. The Kier molecular flexibility index (Phi) is 3.17. The Balaban J connectivity index is 2.31. The first-order valence-electron chi connectivity index (χ1n) is 3.72. The Morgan fingerprint density at radius 1 is 1.75 bits per heavy atom. The highest BCUT2D eigenvalue weighted by Gasteiger charge is 2.03. The number of carbonyl (C=O) groups is 1. The van der Waals surface area contributed by atoms with Gasteiger partial charge in [-0.15, -0.1) is 0 Å². The standard InChI is InChI=1S/C8H11ClN2O/c1-11(8(9)12)5-3-7-2-4-10-6-7/h2,4,6,10H,3,5H2,1H3. The number of halogens is 1. The van der Waals surface area contributed by atoms with E-state index in [0.717, 1.165) is 6.42 Å². The van der Waals surface area contributed by atoms with Gasteiger partial charge < -0.3 is 9.88 Å². The zero-order valence-electron chi connectivity index (χ0n) is 6.88. The molecule has 1 aromatic heterocycles. The van der Waals surface area contributed by atoms with Crippen LogP contribution in [0.2, 0.25) is 0 Å². The second-order valence-electron chi connectivity index (χ2n) is 2.64. The molecule has 0 radical (unpaired) electrons. The molecule has 0 saturated heterocycles. The van der Waals surface area contributed by atoms with E-state index in [4.69, 9.17) is 11.6 Å². The van der Waals surface area contributed by atoms with Gasteiger partial charge in [-0.3, -0.25) is 4.79 Å². The fourth-order valence-corrected chi connectivity index (χ4v) is 0.983. The van der Waals surface area contributed by atoms with Gasteiger partial charge in [-0.25, -0.2) is 0 Å². The van der Waals surface area contributed by atoms with E-state index in [0.29, 0.717) is 6.54 Å². The zero-order chi connectivity index (χ0) is 8.97. The van der Waals surface area contributed by atoms with Gasteiger partial charge in [-0.05, 0) is 29.7 Å². The zero-order valence-corrected chi connectivity index (χ0v) is 7.64. The average molecular weight is 187 g/mol. The molecule has 0 aliphatic heterocycles. The molecule has 1 N–H and O–H groups in total. The molecule has 4 heteroatoms. The second kappa shape index (κ2) is 4.16. The minimum atomic E-state index is -0.412. The summed E-state index contributed by atoms with van der Waals surface area (Å²) in [6.45, 7) is 0.653. The summed E-state index contributed by atoms with van der Waals surface area (Å²) < 4.78 is 0. The number of nitrogens with one attached hydrogen (secondary N) is 1. The van der Waals surface area contributed by atoms with Gasteiger partial charge in [0.05, 0.1) is 0 Å². The van der Waals surface area contributed by atoms with E-state index in [1.807, 2.05) is 18.5 Å². The fraction of sp³-hybridized carbons (Fsp3) is 0.375. The van der Waals surface area contributed by atoms with Gasteiger partial charge in [0, 0.05) is 26.0 Å². The van der Waals surface area contributed by atoms with E-state index in [1.165, 1.54) is 10.5 Å². The lowest BCUT2D eigenvalue weighted by molar-refractivity contribution is 0.232. The summed E-state index contributed by atoms with van der Waals surface area (Å²) in [5.41, 5.74) is 1.18. The van der Waals surface area contributed by atoms with Gasteiger partial charge in [0.25, 0.3) is 0 Å². The normalized spacial score (nSPS) is 9.83. The smallest absolute Gasteiger partial charge is 0.316 e. The van der Waals surface area contributed by atoms with Crippen LogP contribution in [0.4, 0.5) is 4.79 Å². The molecule has 0 saturated carbocycles. The summed E-state index contributed by atoms with van der Waals surface area (Å²) in [6, 6.07) is 1.98. The van der Waals surface area contributed by atoms with E-state index in [-0.39, 0.29) is 0 Å². The van der Waals surface area contributed by atoms with Gasteiger partial charge in [0.2, 0.25) is 0 Å². The van der Waals surface area contributed by atoms with E-state index < -0.39 is 5.37 Å². The van der Waals surface area contributed by atoms with Gasteiger partial charge >= 0.3 is 5.37 Å². The Morgan fingerprint density at radius 3 is 3.00 bits per heavy atom. The first kappa shape index (κ1) is 9.13. The van der Waals surface area contributed by atoms with Crippen molar-refractivity contribution in [3.63, 3.8) is 0 Å². The quantitative estimate of drug-likeness (QED) is 0.568. The maximum atomic E-state index is 10.6.